The van der Waals surface area contributed by atoms with E-state index in [0.717, 1.165) is 25.1 Å². The molecule has 1 aliphatic heterocycles. The normalized spacial score (nSPS) is 15.7. The Bertz CT molecular complexity index is 888. The number of anilines is 1. The second-order valence-electron chi connectivity index (χ2n) is 6.52. The minimum Gasteiger partial charge on any atom is -0.495 e. The number of rotatable bonds is 6. The Morgan fingerprint density at radius 2 is 1.74 bits per heavy atom. The number of methoxy groups -OCH3 is 2. The highest BCUT2D eigenvalue weighted by Gasteiger charge is 2.30. The van der Waals surface area contributed by atoms with Crippen LogP contribution in [0.5, 0.6) is 17.2 Å². The van der Waals surface area contributed by atoms with Gasteiger partial charge in [-0.05, 0) is 36.4 Å². The molecule has 0 radical (unpaired) electrons. The van der Waals surface area contributed by atoms with E-state index < -0.39 is 11.7 Å². The van der Waals surface area contributed by atoms with E-state index in [1.54, 1.807) is 31.2 Å². The van der Waals surface area contributed by atoms with Gasteiger partial charge in [-0.25, -0.2) is 0 Å². The lowest BCUT2D eigenvalue weighted by Gasteiger charge is -2.11. The number of likely N-dealkylation sites (tertiary alicyclic amines) is 1. The average molecular weight is 440 g/mol. The van der Waals surface area contributed by atoms with E-state index in [1.165, 1.54) is 25.3 Å². The third-order valence-electron chi connectivity index (χ3n) is 4.47. The Kier molecular flexibility index (Phi) is 8.26. The quantitative estimate of drug-likeness (QED) is 0.689. The highest BCUT2D eigenvalue weighted by atomic mass is 19.4. The van der Waals surface area contributed by atoms with Crippen molar-refractivity contribution in [3.05, 3.63) is 48.0 Å². The number of hydrogen-bond acceptors (Lipinski definition) is 5. The number of nitrogens with one attached hydrogen (secondary N) is 1. The first-order valence-electron chi connectivity index (χ1n) is 9.20. The van der Waals surface area contributed by atoms with E-state index in [9.17, 15) is 22.8 Å². The summed E-state index contributed by atoms with van der Waals surface area (Å²) in [6.07, 6.45) is -3.24. The predicted molar refractivity (Wildman–Crippen MR) is 107 cm³/mol. The highest BCUT2D eigenvalue weighted by Crippen LogP contribution is 2.33. The first-order valence-corrected chi connectivity index (χ1v) is 9.20. The number of nitrogens with zero attached hydrogens (tertiary/aromatic N) is 1. The van der Waals surface area contributed by atoms with Crippen molar-refractivity contribution >= 4 is 18.0 Å². The minimum atomic E-state index is -4.39. The average Bonchev–Trinajstić information content (AvgIpc) is 3.06. The van der Waals surface area contributed by atoms with Crippen LogP contribution < -0.4 is 14.8 Å². The summed E-state index contributed by atoms with van der Waals surface area (Å²) in [6.45, 7) is 0.831. The van der Waals surface area contributed by atoms with Gasteiger partial charge >= 0.3 is 6.18 Å². The molecule has 1 heterocycles. The van der Waals surface area contributed by atoms with Crippen molar-refractivity contribution in [1.82, 2.24) is 4.90 Å². The Balaban J connectivity index is 0.000000316. The van der Waals surface area contributed by atoms with Gasteiger partial charge in [0.25, 0.3) is 5.91 Å². The van der Waals surface area contributed by atoms with Crippen molar-refractivity contribution in [2.75, 3.05) is 33.1 Å². The minimum absolute atomic E-state index is 0.109. The van der Waals surface area contributed by atoms with Gasteiger partial charge in [0.1, 0.15) is 23.4 Å². The summed E-state index contributed by atoms with van der Waals surface area (Å²) in [6, 6.07) is 8.97. The van der Waals surface area contributed by atoms with Crippen LogP contribution in [0.25, 0.3) is 0 Å². The predicted octanol–water partition coefficient (Wildman–Crippen LogP) is 3.94. The lowest BCUT2D eigenvalue weighted by Crippen LogP contribution is -2.26. The molecule has 3 rings (SSSR count). The fourth-order valence-corrected chi connectivity index (χ4v) is 2.78. The molecule has 7 nitrogen and oxygen atoms in total. The molecule has 1 N–H and O–H groups in total. The van der Waals surface area contributed by atoms with Crippen molar-refractivity contribution in [2.24, 2.45) is 0 Å². The van der Waals surface area contributed by atoms with Crippen LogP contribution in [0.1, 0.15) is 12.0 Å². The Labute approximate surface area is 177 Å². The van der Waals surface area contributed by atoms with Crippen LogP contribution >= 0.6 is 0 Å². The van der Waals surface area contributed by atoms with Gasteiger partial charge in [-0.3, -0.25) is 9.59 Å². The monoisotopic (exact) mass is 440 g/mol. The molecule has 1 aliphatic rings. The number of hydrogen-bond donors (Lipinski definition) is 1. The Hall–Kier alpha value is -3.27. The maximum absolute atomic E-state index is 12.5. The van der Waals surface area contributed by atoms with Crippen molar-refractivity contribution in [3.63, 3.8) is 0 Å². The van der Waals surface area contributed by atoms with Crippen molar-refractivity contribution in [1.29, 1.82) is 0 Å². The van der Waals surface area contributed by atoms with Gasteiger partial charge in [0.15, 0.2) is 0 Å². The van der Waals surface area contributed by atoms with Crippen LogP contribution in [0.2, 0.25) is 0 Å². The zero-order chi connectivity index (χ0) is 23.0. The van der Waals surface area contributed by atoms with Gasteiger partial charge < -0.3 is 24.4 Å². The summed E-state index contributed by atoms with van der Waals surface area (Å²) < 4.78 is 52.8. The van der Waals surface area contributed by atoms with E-state index >= 15 is 0 Å². The van der Waals surface area contributed by atoms with Crippen LogP contribution in [0.3, 0.4) is 0 Å². The van der Waals surface area contributed by atoms with Crippen LogP contribution in [0.15, 0.2) is 42.5 Å². The first kappa shape index (κ1) is 24.0. The smallest absolute Gasteiger partial charge is 0.416 e. The largest absolute Gasteiger partial charge is 0.495 e. The van der Waals surface area contributed by atoms with E-state index in [1.807, 2.05) is 0 Å². The molecule has 2 aromatic rings. The van der Waals surface area contributed by atoms with E-state index in [-0.39, 0.29) is 17.8 Å². The maximum Gasteiger partial charge on any atom is 0.416 e. The number of halogens is 3. The van der Waals surface area contributed by atoms with Gasteiger partial charge in [-0.15, -0.1) is 0 Å². The SMILES string of the molecule is COC1CCN(C)C1=O.COc1ccc(Oc2ccc(C(F)(F)F)cc2)cc1NC=O. The second kappa shape index (κ2) is 10.7. The standard InChI is InChI=1S/C15H12F3NO3.C6H11NO2/c1-21-14-7-6-12(8-13(14)19-9-20)22-11-4-2-10(3-5-11)15(16,17)18;1-7-4-3-5(9-2)6(7)8/h2-9H,1H3,(H,19,20);5H,3-4H2,1-2H3. The van der Waals surface area contributed by atoms with E-state index in [4.69, 9.17) is 14.2 Å². The number of ether oxygens (including phenoxy) is 3. The van der Waals surface area contributed by atoms with Gasteiger partial charge in [0.05, 0.1) is 18.4 Å². The number of carbonyl (C=O) groups excluding carboxylic acids is 2. The molecular formula is C21H23F3N2O5. The molecule has 10 heteroatoms. The molecule has 0 aromatic heterocycles. The molecule has 0 saturated carbocycles. The summed E-state index contributed by atoms with van der Waals surface area (Å²) >= 11 is 0. The third kappa shape index (κ3) is 6.61. The molecule has 31 heavy (non-hydrogen) atoms. The van der Waals surface area contributed by atoms with E-state index in [0.29, 0.717) is 23.6 Å². The summed E-state index contributed by atoms with van der Waals surface area (Å²) in [5.41, 5.74) is -0.361. The first-order chi connectivity index (χ1) is 14.7. The third-order valence-corrected chi connectivity index (χ3v) is 4.47. The molecule has 1 fully saturated rings. The lowest BCUT2D eigenvalue weighted by molar-refractivity contribution is -0.137. The van der Waals surface area contributed by atoms with Gasteiger partial charge in [0.2, 0.25) is 6.41 Å². The van der Waals surface area contributed by atoms with E-state index in [2.05, 4.69) is 5.32 Å². The maximum atomic E-state index is 12.5. The second-order valence-corrected chi connectivity index (χ2v) is 6.52. The molecule has 0 bridgehead atoms. The molecule has 0 spiro atoms. The molecular weight excluding hydrogens is 417 g/mol. The van der Waals surface area contributed by atoms with Gasteiger partial charge in [-0.2, -0.15) is 13.2 Å². The topological polar surface area (TPSA) is 77.1 Å². The van der Waals surface area contributed by atoms with Crippen LogP contribution in [-0.2, 0) is 20.5 Å². The number of likely N-dealkylation sites (N-methyl/N-ethyl adjacent to an activating group) is 1. The van der Waals surface area contributed by atoms with Crippen molar-refractivity contribution in [3.8, 4) is 17.2 Å². The molecule has 1 atom stereocenters. The fraction of sp³-hybridized carbons (Fsp3) is 0.333. The summed E-state index contributed by atoms with van der Waals surface area (Å²) in [5, 5.41) is 2.45. The summed E-state index contributed by atoms with van der Waals surface area (Å²) in [7, 11) is 4.81. The molecule has 1 unspecified atom stereocenters. The molecule has 2 amide bonds. The molecule has 1 saturated heterocycles. The van der Waals surface area contributed by atoms with Crippen LogP contribution in [0.4, 0.5) is 18.9 Å². The van der Waals surface area contributed by atoms with Crippen LogP contribution in [0, 0.1) is 0 Å². The highest BCUT2D eigenvalue weighted by molar-refractivity contribution is 5.82. The molecule has 0 aliphatic carbocycles. The lowest BCUT2D eigenvalue weighted by atomic mass is 10.2. The van der Waals surface area contributed by atoms with Gasteiger partial charge in [-0.1, -0.05) is 0 Å². The molecule has 168 valence electrons. The number of carbonyl (C=O) groups is 2. The molecule has 2 aromatic carbocycles. The van der Waals surface area contributed by atoms with Crippen LogP contribution in [-0.4, -0.2) is 51.1 Å². The van der Waals surface area contributed by atoms with Gasteiger partial charge in [0, 0.05) is 33.2 Å². The Morgan fingerprint density at radius 3 is 2.19 bits per heavy atom. The van der Waals surface area contributed by atoms with Crippen molar-refractivity contribution in [2.45, 2.75) is 18.7 Å². The Morgan fingerprint density at radius 1 is 1.10 bits per heavy atom. The summed E-state index contributed by atoms with van der Waals surface area (Å²) in [5.74, 6) is 1.14. The van der Waals surface area contributed by atoms with Crippen molar-refractivity contribution < 1.29 is 37.0 Å². The fourth-order valence-electron chi connectivity index (χ4n) is 2.78. The zero-order valence-corrected chi connectivity index (χ0v) is 17.2. The number of amides is 2. The number of alkyl halides is 3. The number of benzene rings is 2. The zero-order valence-electron chi connectivity index (χ0n) is 17.2. The summed E-state index contributed by atoms with van der Waals surface area (Å²) in [4.78, 5) is 23.2.